The highest BCUT2D eigenvalue weighted by molar-refractivity contribution is 6.32. The fraction of sp³-hybridized carbons (Fsp3) is 0.200. The Kier molecular flexibility index (Phi) is 6.05. The van der Waals surface area contributed by atoms with E-state index in [9.17, 15) is 28.1 Å². The SMILES string of the molecule is NC(=O)c1ccc(NCCNc2ncc(C(F)(F)F)cc2Cl)c([N+](=O)[O-])c1. The van der Waals surface area contributed by atoms with Crippen LogP contribution in [0, 0.1) is 10.1 Å². The summed E-state index contributed by atoms with van der Waals surface area (Å²) in [6.07, 6.45) is -3.90. The van der Waals surface area contributed by atoms with Gasteiger partial charge in [0.15, 0.2) is 0 Å². The van der Waals surface area contributed by atoms with Crippen LogP contribution in [0.2, 0.25) is 5.02 Å². The number of nitrogens with zero attached hydrogens (tertiary/aromatic N) is 2. The number of pyridine rings is 1. The molecule has 2 rings (SSSR count). The maximum absolute atomic E-state index is 12.6. The van der Waals surface area contributed by atoms with Crippen LogP contribution in [0.15, 0.2) is 30.5 Å². The van der Waals surface area contributed by atoms with E-state index in [1.165, 1.54) is 12.1 Å². The maximum atomic E-state index is 12.6. The zero-order chi connectivity index (χ0) is 20.2. The van der Waals surface area contributed by atoms with E-state index in [0.717, 1.165) is 12.1 Å². The van der Waals surface area contributed by atoms with Gasteiger partial charge in [-0.2, -0.15) is 13.2 Å². The summed E-state index contributed by atoms with van der Waals surface area (Å²) >= 11 is 5.77. The number of nitrogens with one attached hydrogen (secondary N) is 2. The predicted octanol–water partition coefficient (Wildman–Crippen LogP) is 3.28. The highest BCUT2D eigenvalue weighted by Gasteiger charge is 2.31. The molecule has 0 fully saturated rings. The highest BCUT2D eigenvalue weighted by Crippen LogP contribution is 2.32. The quantitative estimate of drug-likeness (QED) is 0.370. The van der Waals surface area contributed by atoms with Gasteiger partial charge in [0.05, 0.1) is 15.5 Å². The van der Waals surface area contributed by atoms with E-state index in [1.807, 2.05) is 0 Å². The van der Waals surface area contributed by atoms with Crippen molar-refractivity contribution in [2.75, 3.05) is 23.7 Å². The standard InChI is InChI=1S/C15H13ClF3N5O3/c16-10-6-9(15(17,18)19)7-23-14(10)22-4-3-21-11-2-1-8(13(20)25)5-12(11)24(26)27/h1-2,5-7,21H,3-4H2,(H2,20,25)(H,22,23). The Morgan fingerprint density at radius 1 is 1.26 bits per heavy atom. The number of hydrogen-bond donors (Lipinski definition) is 3. The first-order valence-electron chi connectivity index (χ1n) is 7.38. The molecule has 0 saturated heterocycles. The van der Waals surface area contributed by atoms with Gasteiger partial charge in [-0.25, -0.2) is 4.98 Å². The average molecular weight is 404 g/mol. The minimum absolute atomic E-state index is 0.00823. The number of rotatable bonds is 7. The first-order valence-corrected chi connectivity index (χ1v) is 7.76. The van der Waals surface area contributed by atoms with Gasteiger partial charge >= 0.3 is 6.18 Å². The largest absolute Gasteiger partial charge is 0.417 e. The number of primary amides is 1. The number of carbonyl (C=O) groups is 1. The van der Waals surface area contributed by atoms with Crippen molar-refractivity contribution in [2.24, 2.45) is 5.73 Å². The molecule has 2 aromatic rings. The van der Waals surface area contributed by atoms with Crippen molar-refractivity contribution in [1.82, 2.24) is 4.98 Å². The number of aromatic nitrogens is 1. The van der Waals surface area contributed by atoms with Crippen LogP contribution in [0.3, 0.4) is 0 Å². The molecule has 0 aliphatic heterocycles. The number of nitro groups is 1. The van der Waals surface area contributed by atoms with E-state index < -0.39 is 22.6 Å². The summed E-state index contributed by atoms with van der Waals surface area (Å²) in [5, 5.41) is 16.4. The Hall–Kier alpha value is -3.08. The van der Waals surface area contributed by atoms with E-state index in [1.54, 1.807) is 0 Å². The summed E-state index contributed by atoms with van der Waals surface area (Å²) in [4.78, 5) is 25.1. The lowest BCUT2D eigenvalue weighted by molar-refractivity contribution is -0.384. The van der Waals surface area contributed by atoms with Gasteiger partial charge in [0.25, 0.3) is 5.69 Å². The number of nitrogens with two attached hydrogens (primary N) is 1. The number of halogens is 4. The molecule has 1 amide bonds. The Morgan fingerprint density at radius 3 is 2.48 bits per heavy atom. The molecule has 0 radical (unpaired) electrons. The summed E-state index contributed by atoms with van der Waals surface area (Å²) < 4.78 is 37.7. The van der Waals surface area contributed by atoms with Gasteiger partial charge < -0.3 is 16.4 Å². The van der Waals surface area contributed by atoms with Crippen LogP contribution < -0.4 is 16.4 Å². The number of amides is 1. The van der Waals surface area contributed by atoms with Gasteiger partial charge in [0, 0.05) is 30.9 Å². The molecule has 12 heteroatoms. The Morgan fingerprint density at radius 2 is 1.93 bits per heavy atom. The number of hydrogen-bond acceptors (Lipinski definition) is 6. The van der Waals surface area contributed by atoms with Crippen molar-refractivity contribution in [1.29, 1.82) is 0 Å². The molecule has 8 nitrogen and oxygen atoms in total. The number of nitro benzene ring substituents is 1. The molecule has 0 spiro atoms. The number of alkyl halides is 3. The monoisotopic (exact) mass is 403 g/mol. The second-order valence-electron chi connectivity index (χ2n) is 5.26. The van der Waals surface area contributed by atoms with Gasteiger partial charge in [0.1, 0.15) is 11.5 Å². The van der Waals surface area contributed by atoms with Crippen LogP contribution in [0.5, 0.6) is 0 Å². The lowest BCUT2D eigenvalue weighted by atomic mass is 10.1. The summed E-state index contributed by atoms with van der Waals surface area (Å²) in [7, 11) is 0. The van der Waals surface area contributed by atoms with Crippen molar-refractivity contribution in [3.05, 3.63) is 56.7 Å². The summed E-state index contributed by atoms with van der Waals surface area (Å²) in [6.45, 7) is 0.322. The van der Waals surface area contributed by atoms with E-state index in [2.05, 4.69) is 15.6 Å². The van der Waals surface area contributed by atoms with Crippen LogP contribution in [-0.4, -0.2) is 28.9 Å². The van der Waals surface area contributed by atoms with Gasteiger partial charge in [0.2, 0.25) is 5.91 Å². The second-order valence-corrected chi connectivity index (χ2v) is 5.67. The second kappa shape index (κ2) is 8.08. The Bertz CT molecular complexity index is 876. The van der Waals surface area contributed by atoms with E-state index in [0.29, 0.717) is 6.20 Å². The smallest absolute Gasteiger partial charge is 0.378 e. The molecule has 27 heavy (non-hydrogen) atoms. The van der Waals surface area contributed by atoms with Crippen LogP contribution in [0.4, 0.5) is 30.4 Å². The zero-order valence-electron chi connectivity index (χ0n) is 13.5. The first-order chi connectivity index (χ1) is 12.6. The maximum Gasteiger partial charge on any atom is 0.417 e. The molecule has 0 aliphatic rings. The molecule has 0 bridgehead atoms. The van der Waals surface area contributed by atoms with Gasteiger partial charge in [-0.15, -0.1) is 0 Å². The van der Waals surface area contributed by atoms with Gasteiger partial charge in [-0.3, -0.25) is 14.9 Å². The van der Waals surface area contributed by atoms with Crippen molar-refractivity contribution in [2.45, 2.75) is 6.18 Å². The third kappa shape index (κ3) is 5.20. The van der Waals surface area contributed by atoms with Crippen LogP contribution >= 0.6 is 11.6 Å². The minimum atomic E-state index is -4.55. The lowest BCUT2D eigenvalue weighted by Crippen LogP contribution is -2.16. The van der Waals surface area contributed by atoms with E-state index in [4.69, 9.17) is 17.3 Å². The minimum Gasteiger partial charge on any atom is -0.378 e. The lowest BCUT2D eigenvalue weighted by Gasteiger charge is -2.12. The molecule has 1 heterocycles. The Balaban J connectivity index is 1.99. The summed E-state index contributed by atoms with van der Waals surface area (Å²) in [5.41, 5.74) is 3.92. The van der Waals surface area contributed by atoms with Crippen LogP contribution in [0.1, 0.15) is 15.9 Å². The fourth-order valence-electron chi connectivity index (χ4n) is 2.09. The molecule has 0 aliphatic carbocycles. The number of benzene rings is 1. The molecule has 0 atom stereocenters. The third-order valence-electron chi connectivity index (χ3n) is 3.38. The van der Waals surface area contributed by atoms with Gasteiger partial charge in [-0.1, -0.05) is 11.6 Å². The van der Waals surface area contributed by atoms with Crippen LogP contribution in [-0.2, 0) is 6.18 Å². The van der Waals surface area contributed by atoms with Crippen molar-refractivity contribution >= 4 is 34.7 Å². The topological polar surface area (TPSA) is 123 Å². The predicted molar refractivity (Wildman–Crippen MR) is 92.8 cm³/mol. The van der Waals surface area contributed by atoms with Crippen molar-refractivity contribution in [3.63, 3.8) is 0 Å². The highest BCUT2D eigenvalue weighted by atomic mass is 35.5. The summed E-state index contributed by atoms with van der Waals surface area (Å²) in [5.74, 6) is -0.751. The molecular formula is C15H13ClF3N5O3. The third-order valence-corrected chi connectivity index (χ3v) is 3.67. The molecule has 4 N–H and O–H groups in total. The fourth-order valence-corrected chi connectivity index (χ4v) is 2.32. The van der Waals surface area contributed by atoms with Crippen molar-refractivity contribution < 1.29 is 22.9 Å². The Labute approximate surface area is 155 Å². The molecule has 0 unspecified atom stereocenters. The summed E-state index contributed by atoms with van der Waals surface area (Å²) in [6, 6.07) is 4.46. The van der Waals surface area contributed by atoms with Crippen molar-refractivity contribution in [3.8, 4) is 0 Å². The van der Waals surface area contributed by atoms with Crippen LogP contribution in [0.25, 0.3) is 0 Å². The zero-order valence-corrected chi connectivity index (χ0v) is 14.3. The molecule has 0 saturated carbocycles. The first kappa shape index (κ1) is 20.2. The van der Waals surface area contributed by atoms with Gasteiger partial charge in [-0.05, 0) is 18.2 Å². The average Bonchev–Trinajstić information content (AvgIpc) is 2.58. The molecule has 1 aromatic carbocycles. The molecule has 144 valence electrons. The molecule has 1 aromatic heterocycles. The normalized spacial score (nSPS) is 11.1. The number of anilines is 2. The van der Waals surface area contributed by atoms with E-state index >= 15 is 0 Å². The van der Waals surface area contributed by atoms with E-state index in [-0.39, 0.29) is 40.9 Å². The molecular weight excluding hydrogens is 391 g/mol. The number of carbonyl (C=O) groups excluding carboxylic acids is 1.